The minimum absolute atomic E-state index is 0.404. The molecule has 31 heavy (non-hydrogen) atoms. The summed E-state index contributed by atoms with van der Waals surface area (Å²) < 4.78 is 21.5. The number of carbonyl (C=O) groups is 3. The fourth-order valence-corrected chi connectivity index (χ4v) is 3.51. The molecule has 0 aliphatic carbocycles. The number of ether oxygens (including phenoxy) is 4. The number of esters is 1. The van der Waals surface area contributed by atoms with Gasteiger partial charge < -0.3 is 50.0 Å². The van der Waals surface area contributed by atoms with Gasteiger partial charge in [0, 0.05) is 20.8 Å². The third-order valence-electron chi connectivity index (χ3n) is 5.02. The molecule has 2 heterocycles. The lowest BCUT2D eigenvalue weighted by molar-refractivity contribution is -0.319. The molecule has 0 saturated carbocycles. The van der Waals surface area contributed by atoms with Crippen molar-refractivity contribution in [2.24, 2.45) is 0 Å². The first kappa shape index (κ1) is 25.4. The molecule has 2 aliphatic heterocycles. The van der Waals surface area contributed by atoms with Crippen molar-refractivity contribution in [3.63, 3.8) is 0 Å². The van der Waals surface area contributed by atoms with Gasteiger partial charge in [-0.2, -0.15) is 0 Å². The van der Waals surface area contributed by atoms with E-state index in [1.165, 1.54) is 20.8 Å². The van der Waals surface area contributed by atoms with E-state index in [2.05, 4.69) is 10.6 Å². The minimum Gasteiger partial charge on any atom is -0.463 e. The zero-order valence-electron chi connectivity index (χ0n) is 17.6. The van der Waals surface area contributed by atoms with Crippen LogP contribution in [0.4, 0.5) is 0 Å². The Balaban J connectivity index is 2.29. The second-order valence-corrected chi connectivity index (χ2v) is 7.60. The Morgan fingerprint density at radius 2 is 1.45 bits per heavy atom. The summed E-state index contributed by atoms with van der Waals surface area (Å²) in [6, 6.07) is -2.48. The molecule has 6 N–H and O–H groups in total. The lowest BCUT2D eigenvalue weighted by atomic mass is 9.94. The van der Waals surface area contributed by atoms with E-state index in [0.717, 1.165) is 6.92 Å². The van der Waals surface area contributed by atoms with Crippen molar-refractivity contribution >= 4 is 17.8 Å². The van der Waals surface area contributed by atoms with Gasteiger partial charge in [-0.15, -0.1) is 0 Å². The van der Waals surface area contributed by atoms with Gasteiger partial charge in [-0.3, -0.25) is 14.4 Å². The molecule has 2 saturated heterocycles. The van der Waals surface area contributed by atoms with E-state index >= 15 is 0 Å². The lowest BCUT2D eigenvalue weighted by Crippen LogP contribution is -2.69. The van der Waals surface area contributed by atoms with E-state index < -0.39 is 85.7 Å². The van der Waals surface area contributed by atoms with Crippen LogP contribution in [0.25, 0.3) is 0 Å². The molecule has 2 aliphatic rings. The number of rotatable bonds is 6. The summed E-state index contributed by atoms with van der Waals surface area (Å²) in [4.78, 5) is 34.3. The average molecular weight is 450 g/mol. The summed E-state index contributed by atoms with van der Waals surface area (Å²) in [6.07, 6.45) is -10.8. The molecule has 10 atom stereocenters. The molecule has 2 rings (SSSR count). The predicted octanol–water partition coefficient (Wildman–Crippen LogP) is -3.51. The molecule has 0 unspecified atom stereocenters. The monoisotopic (exact) mass is 450 g/mol. The first-order valence-corrected chi connectivity index (χ1v) is 9.78. The summed E-state index contributed by atoms with van der Waals surface area (Å²) in [5.41, 5.74) is 0. The highest BCUT2D eigenvalue weighted by Gasteiger charge is 2.51. The van der Waals surface area contributed by atoms with Crippen molar-refractivity contribution in [1.82, 2.24) is 10.6 Å². The Kier molecular flexibility index (Phi) is 8.71. The number of amides is 2. The smallest absolute Gasteiger partial charge is 0.302 e. The van der Waals surface area contributed by atoms with Gasteiger partial charge in [0.25, 0.3) is 0 Å². The molecule has 13 heteroatoms. The third kappa shape index (κ3) is 6.32. The summed E-state index contributed by atoms with van der Waals surface area (Å²) in [6.45, 7) is 4.59. The molecule has 0 aromatic carbocycles. The summed E-state index contributed by atoms with van der Waals surface area (Å²) in [5.74, 6) is -1.74. The van der Waals surface area contributed by atoms with Crippen LogP contribution in [0.15, 0.2) is 0 Å². The van der Waals surface area contributed by atoms with Crippen LogP contribution < -0.4 is 10.6 Å². The van der Waals surface area contributed by atoms with Crippen LogP contribution in [0.3, 0.4) is 0 Å². The van der Waals surface area contributed by atoms with Crippen molar-refractivity contribution in [2.75, 3.05) is 6.61 Å². The van der Waals surface area contributed by atoms with Gasteiger partial charge in [0.2, 0.25) is 11.8 Å². The number of carbonyl (C=O) groups excluding carboxylic acids is 3. The Hall–Kier alpha value is -1.87. The van der Waals surface area contributed by atoms with Crippen molar-refractivity contribution in [1.29, 1.82) is 0 Å². The second-order valence-electron chi connectivity index (χ2n) is 7.60. The molecular formula is C18H30N2O11. The van der Waals surface area contributed by atoms with E-state index in [1.54, 1.807) is 0 Å². The molecule has 178 valence electrons. The number of nitrogens with one attached hydrogen (secondary N) is 2. The van der Waals surface area contributed by atoms with E-state index in [1.807, 2.05) is 0 Å². The van der Waals surface area contributed by atoms with Crippen molar-refractivity contribution in [2.45, 2.75) is 89.0 Å². The molecule has 2 amide bonds. The Morgan fingerprint density at radius 3 is 2.00 bits per heavy atom. The average Bonchev–Trinajstić information content (AvgIpc) is 2.66. The second kappa shape index (κ2) is 10.6. The van der Waals surface area contributed by atoms with Gasteiger partial charge in [-0.25, -0.2) is 0 Å². The number of hydrogen-bond acceptors (Lipinski definition) is 11. The van der Waals surface area contributed by atoms with Crippen molar-refractivity contribution < 1.29 is 53.8 Å². The maximum atomic E-state index is 11.6. The molecule has 0 spiro atoms. The van der Waals surface area contributed by atoms with Crippen LogP contribution in [-0.4, -0.2) is 106 Å². The number of aliphatic hydroxyl groups excluding tert-OH is 4. The normalized spacial score (nSPS) is 40.6. The predicted molar refractivity (Wildman–Crippen MR) is 100.0 cm³/mol. The molecule has 0 radical (unpaired) electrons. The molecule has 0 aromatic rings. The first-order chi connectivity index (χ1) is 14.4. The van der Waals surface area contributed by atoms with Crippen LogP contribution in [-0.2, 0) is 33.3 Å². The highest BCUT2D eigenvalue weighted by Crippen LogP contribution is 2.29. The minimum atomic E-state index is -1.64. The SMILES string of the molecule is CC(=O)N[C@@H]1[C@H](O[C@H]2[C@H](O)[C@@H](COC(C)=O)O[C@H](O)[C@@H]2NC(C)=O)O[C@@H](C)[C@H](O)[C@H]1O. The number of hydrogen-bond donors (Lipinski definition) is 6. The number of aliphatic hydroxyl groups is 4. The van der Waals surface area contributed by atoms with Gasteiger partial charge in [-0.05, 0) is 6.92 Å². The van der Waals surface area contributed by atoms with Crippen LogP contribution in [0.2, 0.25) is 0 Å². The van der Waals surface area contributed by atoms with Gasteiger partial charge in [0.05, 0.1) is 6.10 Å². The van der Waals surface area contributed by atoms with E-state index in [9.17, 15) is 34.8 Å². The van der Waals surface area contributed by atoms with Crippen LogP contribution in [0.5, 0.6) is 0 Å². The van der Waals surface area contributed by atoms with Gasteiger partial charge in [0.1, 0.15) is 49.2 Å². The quantitative estimate of drug-likeness (QED) is 0.220. The zero-order valence-corrected chi connectivity index (χ0v) is 17.6. The Bertz CT molecular complexity index is 662. The summed E-state index contributed by atoms with van der Waals surface area (Å²) >= 11 is 0. The fourth-order valence-electron chi connectivity index (χ4n) is 3.51. The largest absolute Gasteiger partial charge is 0.463 e. The van der Waals surface area contributed by atoms with E-state index in [-0.39, 0.29) is 0 Å². The van der Waals surface area contributed by atoms with Gasteiger partial charge in [0.15, 0.2) is 12.6 Å². The molecular weight excluding hydrogens is 420 g/mol. The highest BCUT2D eigenvalue weighted by atomic mass is 16.7. The van der Waals surface area contributed by atoms with Gasteiger partial charge >= 0.3 is 5.97 Å². The first-order valence-electron chi connectivity index (χ1n) is 9.78. The van der Waals surface area contributed by atoms with E-state index in [0.29, 0.717) is 0 Å². The Morgan fingerprint density at radius 1 is 0.871 bits per heavy atom. The maximum absolute atomic E-state index is 11.6. The van der Waals surface area contributed by atoms with Gasteiger partial charge in [-0.1, -0.05) is 0 Å². The Labute approximate surface area is 178 Å². The summed E-state index contributed by atoms with van der Waals surface area (Å²) in [7, 11) is 0. The molecule has 0 bridgehead atoms. The molecule has 2 fully saturated rings. The van der Waals surface area contributed by atoms with E-state index in [4.69, 9.17) is 18.9 Å². The topological polar surface area (TPSA) is 193 Å². The standard InChI is InChI=1S/C18H30N2O11/c1-6-13(24)15(26)11(19-7(2)21)18(29-6)31-16-12(20-8(3)22)17(27)30-10(14(16)25)5-28-9(4)23/h6,10-18,24-27H,5H2,1-4H3,(H,19,21)(H,20,22)/t6-,10+,11-,12+,13-,14+,15-,16+,17-,18-/m0/s1. The molecule has 0 aromatic heterocycles. The van der Waals surface area contributed by atoms with Crippen LogP contribution in [0.1, 0.15) is 27.7 Å². The summed E-state index contributed by atoms with van der Waals surface area (Å²) in [5, 5.41) is 46.4. The zero-order chi connectivity index (χ0) is 23.5. The fraction of sp³-hybridized carbons (Fsp3) is 0.833. The van der Waals surface area contributed by atoms with Crippen LogP contribution in [0, 0.1) is 0 Å². The van der Waals surface area contributed by atoms with Crippen molar-refractivity contribution in [3.05, 3.63) is 0 Å². The maximum Gasteiger partial charge on any atom is 0.302 e. The van der Waals surface area contributed by atoms with Crippen LogP contribution >= 0.6 is 0 Å². The van der Waals surface area contributed by atoms with Crippen molar-refractivity contribution in [3.8, 4) is 0 Å². The third-order valence-corrected chi connectivity index (χ3v) is 5.02. The highest BCUT2D eigenvalue weighted by molar-refractivity contribution is 5.73. The lowest BCUT2D eigenvalue weighted by Gasteiger charge is -2.47. The molecule has 13 nitrogen and oxygen atoms in total.